The van der Waals surface area contributed by atoms with E-state index in [1.807, 2.05) is 35.0 Å². The molecule has 4 heterocycles. The number of anilines is 2. The fourth-order valence-corrected chi connectivity index (χ4v) is 4.35. The molecule has 5 rings (SSSR count). The van der Waals surface area contributed by atoms with Crippen molar-refractivity contribution in [3.63, 3.8) is 0 Å². The quantitative estimate of drug-likeness (QED) is 0.379. The number of hydrogen-bond donors (Lipinski definition) is 0. The van der Waals surface area contributed by atoms with Crippen molar-refractivity contribution in [3.05, 3.63) is 65.1 Å². The molecule has 9 nitrogen and oxygen atoms in total. The minimum atomic E-state index is -0.375. The Hall–Kier alpha value is -3.53. The molecule has 0 radical (unpaired) electrons. The highest BCUT2D eigenvalue weighted by atomic mass is 32.1. The van der Waals surface area contributed by atoms with Crippen molar-refractivity contribution in [2.45, 2.75) is 0 Å². The summed E-state index contributed by atoms with van der Waals surface area (Å²) in [5.74, 6) is 0. The Balaban J connectivity index is 1.27. The van der Waals surface area contributed by atoms with E-state index in [0.717, 1.165) is 53.2 Å². The smallest absolute Gasteiger partial charge is 0.269 e. The van der Waals surface area contributed by atoms with Crippen LogP contribution in [-0.2, 0) is 0 Å². The molecule has 0 spiro atoms. The van der Waals surface area contributed by atoms with E-state index in [1.165, 1.54) is 0 Å². The summed E-state index contributed by atoms with van der Waals surface area (Å²) in [6, 6.07) is 10.6. The summed E-state index contributed by atoms with van der Waals surface area (Å²) in [6.45, 7) is 3.34. The van der Waals surface area contributed by atoms with Gasteiger partial charge < -0.3 is 9.80 Å². The minimum Gasteiger partial charge on any atom is -0.368 e. The zero-order valence-corrected chi connectivity index (χ0v) is 16.2. The molecule has 1 aromatic carbocycles. The van der Waals surface area contributed by atoms with E-state index in [4.69, 9.17) is 5.10 Å². The largest absolute Gasteiger partial charge is 0.368 e. The minimum absolute atomic E-state index is 0.115. The van der Waals surface area contributed by atoms with Gasteiger partial charge in [-0.05, 0) is 24.3 Å². The molecule has 0 amide bonds. The zero-order valence-electron chi connectivity index (χ0n) is 15.4. The topological polar surface area (TPSA) is 92.7 Å². The first-order valence-electron chi connectivity index (χ1n) is 9.18. The van der Waals surface area contributed by atoms with Gasteiger partial charge in [-0.25, -0.2) is 9.50 Å². The Bertz CT molecular complexity index is 1120. The number of rotatable bonds is 4. The van der Waals surface area contributed by atoms with E-state index in [1.54, 1.807) is 35.9 Å². The molecule has 3 aromatic heterocycles. The molecule has 0 unspecified atom stereocenters. The SMILES string of the molecule is O=[N+]([O-])c1ccc(N2CCN(c3nn4cc(-c5cccnc5)nc4s3)CC2)cc1. The Morgan fingerprint density at radius 3 is 2.45 bits per heavy atom. The summed E-state index contributed by atoms with van der Waals surface area (Å²) in [6.07, 6.45) is 5.47. The normalized spacial score (nSPS) is 14.5. The van der Waals surface area contributed by atoms with E-state index >= 15 is 0 Å². The van der Waals surface area contributed by atoms with Gasteiger partial charge in [0, 0.05) is 62.0 Å². The average Bonchev–Trinajstić information content (AvgIpc) is 3.34. The maximum absolute atomic E-state index is 10.8. The third kappa shape index (κ3) is 3.38. The highest BCUT2D eigenvalue weighted by Crippen LogP contribution is 2.28. The fraction of sp³-hybridized carbons (Fsp3) is 0.211. The number of hydrogen-bond acceptors (Lipinski definition) is 8. The van der Waals surface area contributed by atoms with E-state index in [9.17, 15) is 10.1 Å². The Kier molecular flexibility index (Phi) is 4.32. The number of fused-ring (bicyclic) bond motifs is 1. The molecule has 0 saturated carbocycles. The number of nitro benzene ring substituents is 1. The molecule has 10 heteroatoms. The molecule has 0 atom stereocenters. The van der Waals surface area contributed by atoms with Gasteiger partial charge in [0.15, 0.2) is 0 Å². The number of imidazole rings is 1. The van der Waals surface area contributed by atoms with Crippen LogP contribution < -0.4 is 9.80 Å². The number of pyridine rings is 1. The second-order valence-electron chi connectivity index (χ2n) is 6.73. The highest BCUT2D eigenvalue weighted by Gasteiger charge is 2.21. The maximum Gasteiger partial charge on any atom is 0.269 e. The number of non-ortho nitro benzene ring substituents is 1. The van der Waals surface area contributed by atoms with Crippen LogP contribution in [0.25, 0.3) is 16.2 Å². The summed E-state index contributed by atoms with van der Waals surface area (Å²) in [5.41, 5.74) is 2.96. The number of benzene rings is 1. The van der Waals surface area contributed by atoms with Crippen LogP contribution in [0.2, 0.25) is 0 Å². The lowest BCUT2D eigenvalue weighted by Crippen LogP contribution is -2.46. The van der Waals surface area contributed by atoms with Crippen molar-refractivity contribution in [2.24, 2.45) is 0 Å². The molecule has 29 heavy (non-hydrogen) atoms. The molecular formula is C19H17N7O2S. The Morgan fingerprint density at radius 2 is 1.79 bits per heavy atom. The van der Waals surface area contributed by atoms with E-state index in [0.29, 0.717) is 0 Å². The Morgan fingerprint density at radius 1 is 1.03 bits per heavy atom. The summed E-state index contributed by atoms with van der Waals surface area (Å²) in [7, 11) is 0. The van der Waals surface area contributed by atoms with Crippen LogP contribution in [0.4, 0.5) is 16.5 Å². The van der Waals surface area contributed by atoms with Crippen LogP contribution in [0.1, 0.15) is 0 Å². The molecule has 0 bridgehead atoms. The maximum atomic E-state index is 10.8. The predicted molar refractivity (Wildman–Crippen MR) is 112 cm³/mol. The molecule has 1 aliphatic heterocycles. The second-order valence-corrected chi connectivity index (χ2v) is 7.66. The highest BCUT2D eigenvalue weighted by molar-refractivity contribution is 7.20. The summed E-state index contributed by atoms with van der Waals surface area (Å²) in [4.78, 5) is 24.6. The standard InChI is InChI=1S/C19H17N7O2S/c27-26(28)16-5-3-15(4-6-16)23-8-10-24(11-9-23)19-22-25-13-17(21-18(25)29-19)14-2-1-7-20-12-14/h1-7,12-13H,8-11H2. The first kappa shape index (κ1) is 17.6. The lowest BCUT2D eigenvalue weighted by Gasteiger charge is -2.35. The molecule has 0 N–H and O–H groups in total. The number of nitrogens with zero attached hydrogens (tertiary/aromatic N) is 7. The van der Waals surface area contributed by atoms with Gasteiger partial charge in [0.2, 0.25) is 10.1 Å². The number of nitro groups is 1. The van der Waals surface area contributed by atoms with Crippen molar-refractivity contribution >= 4 is 32.8 Å². The first-order chi connectivity index (χ1) is 14.2. The summed E-state index contributed by atoms with van der Waals surface area (Å²) >= 11 is 1.57. The first-order valence-corrected chi connectivity index (χ1v) is 10.00. The molecule has 4 aromatic rings. The summed E-state index contributed by atoms with van der Waals surface area (Å²) < 4.78 is 1.82. The lowest BCUT2D eigenvalue weighted by atomic mass is 10.2. The number of piperazine rings is 1. The molecule has 1 saturated heterocycles. The lowest BCUT2D eigenvalue weighted by molar-refractivity contribution is -0.384. The van der Waals surface area contributed by atoms with Crippen molar-refractivity contribution in [1.82, 2.24) is 19.6 Å². The van der Waals surface area contributed by atoms with Gasteiger partial charge in [-0.2, -0.15) is 0 Å². The number of aromatic nitrogens is 4. The van der Waals surface area contributed by atoms with Crippen LogP contribution in [0.15, 0.2) is 55.0 Å². The van der Waals surface area contributed by atoms with Crippen molar-refractivity contribution in [1.29, 1.82) is 0 Å². The van der Waals surface area contributed by atoms with E-state index < -0.39 is 0 Å². The predicted octanol–water partition coefficient (Wildman–Crippen LogP) is 3.09. The van der Waals surface area contributed by atoms with Gasteiger partial charge in [0.25, 0.3) is 5.69 Å². The molecule has 1 fully saturated rings. The zero-order chi connectivity index (χ0) is 19.8. The Labute approximate surface area is 170 Å². The van der Waals surface area contributed by atoms with Crippen LogP contribution >= 0.6 is 11.3 Å². The van der Waals surface area contributed by atoms with Gasteiger partial charge in [-0.15, -0.1) is 5.10 Å². The van der Waals surface area contributed by atoms with Gasteiger partial charge in [-0.1, -0.05) is 11.3 Å². The van der Waals surface area contributed by atoms with Gasteiger partial charge in [-0.3, -0.25) is 15.1 Å². The fourth-order valence-electron chi connectivity index (χ4n) is 3.41. The second kappa shape index (κ2) is 7.13. The van der Waals surface area contributed by atoms with E-state index in [2.05, 4.69) is 19.8 Å². The molecule has 0 aliphatic carbocycles. The third-order valence-electron chi connectivity index (χ3n) is 4.97. The molecular weight excluding hydrogens is 390 g/mol. The van der Waals surface area contributed by atoms with Crippen molar-refractivity contribution in [2.75, 3.05) is 36.0 Å². The summed E-state index contributed by atoms with van der Waals surface area (Å²) in [5, 5.41) is 16.5. The van der Waals surface area contributed by atoms with Crippen molar-refractivity contribution < 1.29 is 4.92 Å². The van der Waals surface area contributed by atoms with Gasteiger partial charge in [0.1, 0.15) is 0 Å². The van der Waals surface area contributed by atoms with Crippen LogP contribution in [0.5, 0.6) is 0 Å². The van der Waals surface area contributed by atoms with Gasteiger partial charge >= 0.3 is 0 Å². The van der Waals surface area contributed by atoms with Crippen LogP contribution in [-0.4, -0.2) is 50.7 Å². The molecule has 146 valence electrons. The third-order valence-corrected chi connectivity index (χ3v) is 5.95. The average molecular weight is 407 g/mol. The van der Waals surface area contributed by atoms with Crippen molar-refractivity contribution in [3.8, 4) is 11.3 Å². The van der Waals surface area contributed by atoms with Crippen LogP contribution in [0.3, 0.4) is 0 Å². The van der Waals surface area contributed by atoms with Gasteiger partial charge in [0.05, 0.1) is 16.8 Å². The van der Waals surface area contributed by atoms with E-state index in [-0.39, 0.29) is 10.6 Å². The molecule has 1 aliphatic rings. The monoisotopic (exact) mass is 407 g/mol. The van der Waals surface area contributed by atoms with Crippen LogP contribution in [0, 0.1) is 10.1 Å².